The van der Waals surface area contributed by atoms with E-state index in [1.54, 1.807) is 5.56 Å². The first-order valence-corrected chi connectivity index (χ1v) is 5.37. The predicted molar refractivity (Wildman–Crippen MR) is 59.1 cm³/mol. The molecule has 0 aliphatic carbocycles. The maximum atomic E-state index is 2.33. The molecule has 0 nitrogen and oxygen atoms in total. The van der Waals surface area contributed by atoms with Crippen LogP contribution in [0.1, 0.15) is 50.7 Å². The Labute approximate surface area is 82.0 Å². The smallest absolute Gasteiger partial charge is 0.0188 e. The molecule has 13 heavy (non-hydrogen) atoms. The van der Waals surface area contributed by atoms with Crippen LogP contribution in [0.15, 0.2) is 24.3 Å². The summed E-state index contributed by atoms with van der Waals surface area (Å²) >= 11 is 0. The highest BCUT2D eigenvalue weighted by atomic mass is 14.1. The lowest BCUT2D eigenvalue weighted by Crippen LogP contribution is -1.97. The standard InChI is InChI=1S/C13H20/c1-4-8-11(3)13-10-7-6-9-12(13)5-2/h6-7,9-11H,4-5,8H2,1-3H3/t11-/m0/s1. The maximum Gasteiger partial charge on any atom is -0.0188 e. The molecular weight excluding hydrogens is 156 g/mol. The van der Waals surface area contributed by atoms with Gasteiger partial charge < -0.3 is 0 Å². The van der Waals surface area contributed by atoms with E-state index in [2.05, 4.69) is 45.0 Å². The minimum Gasteiger partial charge on any atom is -0.0654 e. The fourth-order valence-corrected chi connectivity index (χ4v) is 1.93. The molecule has 1 aromatic carbocycles. The Hall–Kier alpha value is -0.780. The van der Waals surface area contributed by atoms with Crippen molar-refractivity contribution in [3.63, 3.8) is 0 Å². The Kier molecular flexibility index (Phi) is 4.01. The Balaban J connectivity index is 2.85. The van der Waals surface area contributed by atoms with Crippen molar-refractivity contribution in [2.75, 3.05) is 0 Å². The van der Waals surface area contributed by atoms with Gasteiger partial charge >= 0.3 is 0 Å². The average molecular weight is 176 g/mol. The Bertz CT molecular complexity index is 250. The van der Waals surface area contributed by atoms with Crippen molar-refractivity contribution in [1.82, 2.24) is 0 Å². The third kappa shape index (κ3) is 2.58. The van der Waals surface area contributed by atoms with Crippen LogP contribution in [-0.4, -0.2) is 0 Å². The van der Waals surface area contributed by atoms with Crippen molar-refractivity contribution in [2.45, 2.75) is 46.0 Å². The van der Waals surface area contributed by atoms with Crippen molar-refractivity contribution < 1.29 is 0 Å². The van der Waals surface area contributed by atoms with E-state index in [0.29, 0.717) is 0 Å². The van der Waals surface area contributed by atoms with E-state index in [0.717, 1.165) is 12.3 Å². The minimum absolute atomic E-state index is 0.723. The van der Waals surface area contributed by atoms with Crippen LogP contribution < -0.4 is 0 Å². The molecule has 0 saturated heterocycles. The van der Waals surface area contributed by atoms with Gasteiger partial charge in [-0.1, -0.05) is 51.5 Å². The highest BCUT2D eigenvalue weighted by Gasteiger charge is 2.07. The summed E-state index contributed by atoms with van der Waals surface area (Å²) in [5, 5.41) is 0. The highest BCUT2D eigenvalue weighted by Crippen LogP contribution is 2.24. The van der Waals surface area contributed by atoms with E-state index in [1.165, 1.54) is 18.4 Å². The molecule has 0 heteroatoms. The van der Waals surface area contributed by atoms with Gasteiger partial charge in [0.25, 0.3) is 0 Å². The van der Waals surface area contributed by atoms with E-state index in [-0.39, 0.29) is 0 Å². The first-order chi connectivity index (χ1) is 6.29. The number of hydrogen-bond donors (Lipinski definition) is 0. The van der Waals surface area contributed by atoms with E-state index in [1.807, 2.05) is 0 Å². The van der Waals surface area contributed by atoms with E-state index in [4.69, 9.17) is 0 Å². The lowest BCUT2D eigenvalue weighted by atomic mass is 9.91. The van der Waals surface area contributed by atoms with Crippen LogP contribution in [0.5, 0.6) is 0 Å². The van der Waals surface area contributed by atoms with Crippen molar-refractivity contribution in [3.05, 3.63) is 35.4 Å². The van der Waals surface area contributed by atoms with Gasteiger partial charge in [0.1, 0.15) is 0 Å². The van der Waals surface area contributed by atoms with Crippen LogP contribution in [0, 0.1) is 0 Å². The van der Waals surface area contributed by atoms with Crippen molar-refractivity contribution in [3.8, 4) is 0 Å². The lowest BCUT2D eigenvalue weighted by Gasteiger charge is -2.14. The molecule has 1 aromatic rings. The zero-order valence-electron chi connectivity index (χ0n) is 9.01. The topological polar surface area (TPSA) is 0 Å². The highest BCUT2D eigenvalue weighted by molar-refractivity contribution is 5.29. The average Bonchev–Trinajstić information content (AvgIpc) is 2.18. The molecule has 0 heterocycles. The van der Waals surface area contributed by atoms with Crippen LogP contribution >= 0.6 is 0 Å². The molecule has 0 spiro atoms. The van der Waals surface area contributed by atoms with Gasteiger partial charge in [0.15, 0.2) is 0 Å². The third-order valence-electron chi connectivity index (χ3n) is 2.69. The fourth-order valence-electron chi connectivity index (χ4n) is 1.93. The summed E-state index contributed by atoms with van der Waals surface area (Å²) in [6.45, 7) is 6.82. The molecule has 0 aliphatic heterocycles. The molecule has 0 aliphatic rings. The van der Waals surface area contributed by atoms with Crippen molar-refractivity contribution in [2.24, 2.45) is 0 Å². The minimum atomic E-state index is 0.723. The molecule has 1 atom stereocenters. The molecule has 72 valence electrons. The van der Waals surface area contributed by atoms with Gasteiger partial charge in [0.2, 0.25) is 0 Å². The number of rotatable bonds is 4. The zero-order chi connectivity index (χ0) is 9.68. The molecule has 0 amide bonds. The number of hydrogen-bond acceptors (Lipinski definition) is 0. The molecule has 0 bridgehead atoms. The molecule has 0 radical (unpaired) electrons. The normalized spacial score (nSPS) is 12.8. The monoisotopic (exact) mass is 176 g/mol. The van der Waals surface area contributed by atoms with Gasteiger partial charge in [-0.25, -0.2) is 0 Å². The molecule has 0 N–H and O–H groups in total. The van der Waals surface area contributed by atoms with Crippen LogP contribution in [0.3, 0.4) is 0 Å². The first-order valence-electron chi connectivity index (χ1n) is 5.37. The number of aryl methyl sites for hydroxylation is 1. The van der Waals surface area contributed by atoms with Gasteiger partial charge in [0, 0.05) is 0 Å². The summed E-state index contributed by atoms with van der Waals surface area (Å²) in [6.07, 6.45) is 3.74. The van der Waals surface area contributed by atoms with Crippen LogP contribution in [-0.2, 0) is 6.42 Å². The third-order valence-corrected chi connectivity index (χ3v) is 2.69. The van der Waals surface area contributed by atoms with Crippen LogP contribution in [0.25, 0.3) is 0 Å². The molecule has 0 fully saturated rings. The SMILES string of the molecule is CCC[C@H](C)c1ccccc1CC. The number of benzene rings is 1. The van der Waals surface area contributed by atoms with Gasteiger partial charge in [-0.3, -0.25) is 0 Å². The van der Waals surface area contributed by atoms with E-state index < -0.39 is 0 Å². The lowest BCUT2D eigenvalue weighted by molar-refractivity contribution is 0.659. The van der Waals surface area contributed by atoms with Gasteiger partial charge in [-0.15, -0.1) is 0 Å². The Morgan fingerprint density at radius 2 is 1.85 bits per heavy atom. The van der Waals surface area contributed by atoms with Crippen molar-refractivity contribution in [1.29, 1.82) is 0 Å². The summed E-state index contributed by atoms with van der Waals surface area (Å²) < 4.78 is 0. The second-order valence-corrected chi connectivity index (χ2v) is 3.74. The molecule has 1 rings (SSSR count). The van der Waals surface area contributed by atoms with Crippen LogP contribution in [0.2, 0.25) is 0 Å². The zero-order valence-corrected chi connectivity index (χ0v) is 9.01. The Morgan fingerprint density at radius 1 is 1.15 bits per heavy atom. The fraction of sp³-hybridized carbons (Fsp3) is 0.538. The van der Waals surface area contributed by atoms with E-state index in [9.17, 15) is 0 Å². The quantitative estimate of drug-likeness (QED) is 0.646. The molecule has 0 aromatic heterocycles. The predicted octanol–water partition coefficient (Wildman–Crippen LogP) is 4.15. The largest absolute Gasteiger partial charge is 0.0654 e. The summed E-state index contributed by atoms with van der Waals surface area (Å²) in [5.41, 5.74) is 3.07. The summed E-state index contributed by atoms with van der Waals surface area (Å²) in [7, 11) is 0. The summed E-state index contributed by atoms with van der Waals surface area (Å²) in [5.74, 6) is 0.723. The molecular formula is C13H20. The molecule has 0 unspecified atom stereocenters. The molecule has 0 saturated carbocycles. The van der Waals surface area contributed by atoms with Gasteiger partial charge in [-0.2, -0.15) is 0 Å². The van der Waals surface area contributed by atoms with E-state index >= 15 is 0 Å². The summed E-state index contributed by atoms with van der Waals surface area (Å²) in [4.78, 5) is 0. The van der Waals surface area contributed by atoms with Crippen LogP contribution in [0.4, 0.5) is 0 Å². The maximum absolute atomic E-state index is 2.33. The second kappa shape index (κ2) is 5.06. The second-order valence-electron chi connectivity index (χ2n) is 3.74. The van der Waals surface area contributed by atoms with Gasteiger partial charge in [-0.05, 0) is 29.9 Å². The summed E-state index contributed by atoms with van der Waals surface area (Å²) in [6, 6.07) is 8.82. The first kappa shape index (κ1) is 10.3. The van der Waals surface area contributed by atoms with Gasteiger partial charge in [0.05, 0.1) is 0 Å². The Morgan fingerprint density at radius 3 is 2.46 bits per heavy atom. The van der Waals surface area contributed by atoms with Crippen molar-refractivity contribution >= 4 is 0 Å².